The topological polar surface area (TPSA) is 54.1 Å². The molecule has 2 heterocycles. The van der Waals surface area contributed by atoms with E-state index in [0.717, 1.165) is 40.8 Å². The molecule has 1 amide bonds. The largest absolute Gasteiger partial charge is 0.368 e. The van der Waals surface area contributed by atoms with Gasteiger partial charge < -0.3 is 15.0 Å². The van der Waals surface area contributed by atoms with Gasteiger partial charge in [-0.15, -0.1) is 0 Å². The average Bonchev–Trinajstić information content (AvgIpc) is 3.08. The highest BCUT2D eigenvalue weighted by Gasteiger charge is 2.22. The lowest BCUT2D eigenvalue weighted by Gasteiger charge is -2.09. The molecule has 3 rings (SSSR count). The van der Waals surface area contributed by atoms with Gasteiger partial charge in [-0.2, -0.15) is 0 Å². The Morgan fingerprint density at radius 1 is 1.50 bits per heavy atom. The zero-order valence-corrected chi connectivity index (χ0v) is 11.9. The minimum absolute atomic E-state index is 0.000346. The van der Waals surface area contributed by atoms with Crippen molar-refractivity contribution < 1.29 is 9.53 Å². The fourth-order valence-corrected chi connectivity index (χ4v) is 2.75. The molecule has 1 aromatic carbocycles. The van der Waals surface area contributed by atoms with E-state index in [1.807, 2.05) is 24.4 Å². The molecule has 1 atom stereocenters. The molecule has 2 N–H and O–H groups in total. The van der Waals surface area contributed by atoms with Gasteiger partial charge in [-0.05, 0) is 43.0 Å². The molecular formula is C15H17ClN2O2. The second-order valence-corrected chi connectivity index (χ2v) is 5.48. The lowest BCUT2D eigenvalue weighted by atomic mass is 10.1. The lowest BCUT2D eigenvalue weighted by molar-refractivity contribution is -0.129. The zero-order chi connectivity index (χ0) is 13.9. The Labute approximate surface area is 122 Å². The van der Waals surface area contributed by atoms with Crippen LogP contribution in [0.15, 0.2) is 24.4 Å². The fourth-order valence-electron chi connectivity index (χ4n) is 2.58. The van der Waals surface area contributed by atoms with Crippen LogP contribution in [-0.2, 0) is 16.0 Å². The predicted octanol–water partition coefficient (Wildman–Crippen LogP) is 2.66. The van der Waals surface area contributed by atoms with Crippen LogP contribution in [0.25, 0.3) is 10.9 Å². The summed E-state index contributed by atoms with van der Waals surface area (Å²) in [6, 6.07) is 5.78. The molecule has 106 valence electrons. The number of carbonyl (C=O) groups excluding carboxylic acids is 1. The summed E-state index contributed by atoms with van der Waals surface area (Å²) < 4.78 is 5.35. The average molecular weight is 293 g/mol. The Morgan fingerprint density at radius 3 is 3.20 bits per heavy atom. The van der Waals surface area contributed by atoms with E-state index in [2.05, 4.69) is 10.3 Å². The summed E-state index contributed by atoms with van der Waals surface area (Å²) in [4.78, 5) is 15.0. The van der Waals surface area contributed by atoms with Crippen LogP contribution in [0.1, 0.15) is 18.4 Å². The first-order valence-electron chi connectivity index (χ1n) is 6.89. The molecule has 0 saturated carbocycles. The van der Waals surface area contributed by atoms with E-state index in [-0.39, 0.29) is 12.0 Å². The minimum Gasteiger partial charge on any atom is -0.368 e. The molecule has 0 spiro atoms. The molecule has 0 aliphatic carbocycles. The molecule has 0 radical (unpaired) electrons. The van der Waals surface area contributed by atoms with Crippen molar-refractivity contribution in [3.63, 3.8) is 0 Å². The highest BCUT2D eigenvalue weighted by atomic mass is 35.5. The summed E-state index contributed by atoms with van der Waals surface area (Å²) in [6.45, 7) is 1.30. The van der Waals surface area contributed by atoms with Crippen molar-refractivity contribution in [1.82, 2.24) is 10.3 Å². The van der Waals surface area contributed by atoms with Gasteiger partial charge in [-0.25, -0.2) is 0 Å². The number of amides is 1. The van der Waals surface area contributed by atoms with Gasteiger partial charge in [0.15, 0.2) is 0 Å². The summed E-state index contributed by atoms with van der Waals surface area (Å²) in [5.41, 5.74) is 2.23. The second kappa shape index (κ2) is 5.85. The van der Waals surface area contributed by atoms with E-state index in [9.17, 15) is 4.79 Å². The maximum atomic E-state index is 11.8. The molecule has 4 nitrogen and oxygen atoms in total. The quantitative estimate of drug-likeness (QED) is 0.910. The molecule has 0 bridgehead atoms. The highest BCUT2D eigenvalue weighted by Crippen LogP contribution is 2.22. The van der Waals surface area contributed by atoms with Crippen molar-refractivity contribution in [3.8, 4) is 0 Å². The molecule has 1 unspecified atom stereocenters. The van der Waals surface area contributed by atoms with Crippen molar-refractivity contribution in [2.75, 3.05) is 13.2 Å². The first kappa shape index (κ1) is 13.5. The molecular weight excluding hydrogens is 276 g/mol. The summed E-state index contributed by atoms with van der Waals surface area (Å²) in [5, 5.41) is 4.77. The Hall–Kier alpha value is -1.52. The maximum Gasteiger partial charge on any atom is 0.249 e. The van der Waals surface area contributed by atoms with Gasteiger partial charge in [-0.3, -0.25) is 4.79 Å². The fraction of sp³-hybridized carbons (Fsp3) is 0.400. The highest BCUT2D eigenvalue weighted by molar-refractivity contribution is 6.31. The van der Waals surface area contributed by atoms with Crippen LogP contribution in [-0.4, -0.2) is 30.1 Å². The van der Waals surface area contributed by atoms with E-state index in [0.29, 0.717) is 13.2 Å². The van der Waals surface area contributed by atoms with Gasteiger partial charge in [0.05, 0.1) is 0 Å². The van der Waals surface area contributed by atoms with Crippen molar-refractivity contribution >= 4 is 28.4 Å². The summed E-state index contributed by atoms with van der Waals surface area (Å²) >= 11 is 6.02. The van der Waals surface area contributed by atoms with Crippen molar-refractivity contribution in [1.29, 1.82) is 0 Å². The van der Waals surface area contributed by atoms with Crippen molar-refractivity contribution in [2.24, 2.45) is 0 Å². The number of nitrogens with one attached hydrogen (secondary N) is 2. The third-order valence-corrected chi connectivity index (χ3v) is 3.88. The number of H-pyrrole nitrogens is 1. The number of halogens is 1. The normalized spacial score (nSPS) is 18.6. The molecule has 20 heavy (non-hydrogen) atoms. The maximum absolute atomic E-state index is 11.8. The second-order valence-electron chi connectivity index (χ2n) is 5.05. The number of hydrogen-bond donors (Lipinski definition) is 2. The molecule has 1 aliphatic heterocycles. The van der Waals surface area contributed by atoms with Crippen LogP contribution in [0.2, 0.25) is 5.02 Å². The standard InChI is InChI=1S/C15H17ClN2O2/c16-11-3-4-13-12(8-11)10(9-18-13)5-6-17-15(19)14-2-1-7-20-14/h3-4,8-9,14,18H,1-2,5-7H2,(H,17,19). The van der Waals surface area contributed by atoms with Gasteiger partial charge in [-0.1, -0.05) is 11.6 Å². The van der Waals surface area contributed by atoms with Gasteiger partial charge in [0.25, 0.3) is 0 Å². The predicted molar refractivity (Wildman–Crippen MR) is 79.0 cm³/mol. The monoisotopic (exact) mass is 292 g/mol. The van der Waals surface area contributed by atoms with E-state index >= 15 is 0 Å². The Morgan fingerprint density at radius 2 is 2.40 bits per heavy atom. The van der Waals surface area contributed by atoms with E-state index < -0.39 is 0 Å². The molecule has 2 aromatic rings. The number of benzene rings is 1. The molecule has 1 saturated heterocycles. The van der Waals surface area contributed by atoms with E-state index in [1.54, 1.807) is 0 Å². The summed E-state index contributed by atoms with van der Waals surface area (Å²) in [5.74, 6) is 0.000346. The number of aromatic nitrogens is 1. The molecule has 5 heteroatoms. The van der Waals surface area contributed by atoms with Crippen LogP contribution in [0.3, 0.4) is 0 Å². The van der Waals surface area contributed by atoms with Crippen molar-refractivity contribution in [2.45, 2.75) is 25.4 Å². The van der Waals surface area contributed by atoms with Gasteiger partial charge >= 0.3 is 0 Å². The van der Waals surface area contributed by atoms with E-state index in [1.165, 1.54) is 0 Å². The van der Waals surface area contributed by atoms with Crippen LogP contribution < -0.4 is 5.32 Å². The summed E-state index contributed by atoms with van der Waals surface area (Å²) in [7, 11) is 0. The van der Waals surface area contributed by atoms with Crippen LogP contribution in [0, 0.1) is 0 Å². The van der Waals surface area contributed by atoms with Crippen LogP contribution in [0.5, 0.6) is 0 Å². The van der Waals surface area contributed by atoms with Crippen LogP contribution in [0.4, 0.5) is 0 Å². The van der Waals surface area contributed by atoms with Crippen molar-refractivity contribution in [3.05, 3.63) is 35.0 Å². The first-order chi connectivity index (χ1) is 9.74. The lowest BCUT2D eigenvalue weighted by Crippen LogP contribution is -2.35. The van der Waals surface area contributed by atoms with Gasteiger partial charge in [0.2, 0.25) is 5.91 Å². The number of aromatic amines is 1. The first-order valence-corrected chi connectivity index (χ1v) is 7.26. The Balaban J connectivity index is 1.59. The number of rotatable bonds is 4. The number of hydrogen-bond acceptors (Lipinski definition) is 2. The zero-order valence-electron chi connectivity index (χ0n) is 11.1. The third-order valence-electron chi connectivity index (χ3n) is 3.65. The van der Waals surface area contributed by atoms with Crippen LogP contribution >= 0.6 is 11.6 Å². The summed E-state index contributed by atoms with van der Waals surface area (Å²) in [6.07, 6.45) is 4.29. The molecule has 1 aliphatic rings. The smallest absolute Gasteiger partial charge is 0.249 e. The SMILES string of the molecule is O=C(NCCc1c[nH]c2ccc(Cl)cc12)C1CCCO1. The van der Waals surface area contributed by atoms with Gasteiger partial charge in [0.1, 0.15) is 6.10 Å². The minimum atomic E-state index is -0.257. The number of ether oxygens (including phenoxy) is 1. The van der Waals surface area contributed by atoms with E-state index in [4.69, 9.17) is 16.3 Å². The molecule has 1 fully saturated rings. The molecule has 1 aromatic heterocycles. The van der Waals surface area contributed by atoms with Gasteiger partial charge in [0, 0.05) is 35.3 Å². The number of fused-ring (bicyclic) bond motifs is 1. The Bertz CT molecular complexity index is 617. The number of carbonyl (C=O) groups is 1. The Kier molecular flexibility index (Phi) is 3.94. The third kappa shape index (κ3) is 2.81.